The molecule has 1 unspecified atom stereocenters. The first-order valence-electron chi connectivity index (χ1n) is 7.83. The van der Waals surface area contributed by atoms with E-state index in [1.165, 1.54) is 10.4 Å². The number of nitrogens with two attached hydrogens (primary N) is 1. The third kappa shape index (κ3) is 2.98. The molecule has 0 saturated carbocycles. The largest absolute Gasteiger partial charge is 0.326 e. The van der Waals surface area contributed by atoms with Gasteiger partial charge in [-0.3, -0.25) is 14.4 Å². The Morgan fingerprint density at radius 3 is 2.60 bits per heavy atom. The molecule has 0 bridgehead atoms. The fourth-order valence-electron chi connectivity index (χ4n) is 3.11. The van der Waals surface area contributed by atoms with E-state index in [-0.39, 0.29) is 23.2 Å². The van der Waals surface area contributed by atoms with Crippen molar-refractivity contribution in [3.05, 3.63) is 63.2 Å². The minimum atomic E-state index is -3.97. The number of hydrogen-bond acceptors (Lipinski definition) is 5. The number of anilines is 1. The Kier molecular flexibility index (Phi) is 4.26. The molecule has 2 N–H and O–H groups in total. The van der Waals surface area contributed by atoms with Gasteiger partial charge in [-0.05, 0) is 43.0 Å². The monoisotopic (exact) mass is 361 g/mol. The van der Waals surface area contributed by atoms with Gasteiger partial charge in [0, 0.05) is 24.7 Å². The summed E-state index contributed by atoms with van der Waals surface area (Å²) in [5.41, 5.74) is 8.29. The van der Waals surface area contributed by atoms with Gasteiger partial charge in [-0.15, -0.1) is 0 Å². The lowest BCUT2D eigenvalue weighted by atomic mass is 10.0. The van der Waals surface area contributed by atoms with Crippen LogP contribution in [0.25, 0.3) is 0 Å². The van der Waals surface area contributed by atoms with Crippen LogP contribution in [0.15, 0.2) is 41.3 Å². The lowest BCUT2D eigenvalue weighted by Gasteiger charge is -2.34. The summed E-state index contributed by atoms with van der Waals surface area (Å²) in [7, 11) is -3.97. The number of benzene rings is 2. The topological polar surface area (TPSA) is 107 Å². The van der Waals surface area contributed by atoms with Crippen molar-refractivity contribution in [1.82, 2.24) is 0 Å². The van der Waals surface area contributed by atoms with Crippen LogP contribution >= 0.6 is 0 Å². The van der Waals surface area contributed by atoms with Gasteiger partial charge in [0.2, 0.25) is 0 Å². The second kappa shape index (κ2) is 6.12. The van der Waals surface area contributed by atoms with Crippen LogP contribution in [0.3, 0.4) is 0 Å². The molecule has 132 valence electrons. The van der Waals surface area contributed by atoms with Gasteiger partial charge in [0.1, 0.15) is 0 Å². The first kappa shape index (κ1) is 17.4. The van der Waals surface area contributed by atoms with E-state index < -0.39 is 14.9 Å². The van der Waals surface area contributed by atoms with Crippen LogP contribution < -0.4 is 10.0 Å². The van der Waals surface area contributed by atoms with E-state index in [2.05, 4.69) is 0 Å². The molecule has 0 spiro atoms. The van der Waals surface area contributed by atoms with E-state index in [1.54, 1.807) is 26.0 Å². The fourth-order valence-corrected chi connectivity index (χ4v) is 4.99. The number of nitrogens with zero attached hydrogens (tertiary/aromatic N) is 2. The minimum Gasteiger partial charge on any atom is -0.326 e. The van der Waals surface area contributed by atoms with Crippen molar-refractivity contribution in [1.29, 1.82) is 0 Å². The molecule has 0 fully saturated rings. The summed E-state index contributed by atoms with van der Waals surface area (Å²) in [6.07, 6.45) is 0.592. The molecule has 3 rings (SSSR count). The Labute approximate surface area is 146 Å². The van der Waals surface area contributed by atoms with Crippen LogP contribution in [0.2, 0.25) is 0 Å². The molecule has 8 heteroatoms. The van der Waals surface area contributed by atoms with E-state index in [9.17, 15) is 18.5 Å². The van der Waals surface area contributed by atoms with Crippen molar-refractivity contribution in [2.24, 2.45) is 5.73 Å². The number of non-ortho nitro benzene ring substituents is 1. The highest BCUT2D eigenvalue weighted by Gasteiger charge is 2.34. The number of fused-ring (bicyclic) bond motifs is 1. The van der Waals surface area contributed by atoms with Gasteiger partial charge in [0.15, 0.2) is 0 Å². The molecule has 2 aromatic carbocycles. The van der Waals surface area contributed by atoms with Crippen LogP contribution in [0.5, 0.6) is 0 Å². The lowest BCUT2D eigenvalue weighted by molar-refractivity contribution is -0.385. The predicted octanol–water partition coefficient (Wildman–Crippen LogP) is 2.29. The Morgan fingerprint density at radius 1 is 1.24 bits per heavy atom. The maximum atomic E-state index is 13.3. The molecular formula is C17H19N3O4S. The van der Waals surface area contributed by atoms with E-state index >= 15 is 0 Å². The molecular weight excluding hydrogens is 342 g/mol. The zero-order chi connectivity index (χ0) is 18.4. The highest BCUT2D eigenvalue weighted by molar-refractivity contribution is 7.92. The van der Waals surface area contributed by atoms with E-state index in [0.717, 1.165) is 11.6 Å². The molecule has 1 aliphatic heterocycles. The Bertz CT molecular complexity index is 956. The third-order valence-electron chi connectivity index (χ3n) is 4.53. The summed E-state index contributed by atoms with van der Waals surface area (Å²) < 4.78 is 27.8. The number of rotatable bonds is 3. The number of nitro groups is 1. The molecule has 7 nitrogen and oxygen atoms in total. The van der Waals surface area contributed by atoms with Crippen LogP contribution in [0.4, 0.5) is 11.4 Å². The Morgan fingerprint density at radius 2 is 1.92 bits per heavy atom. The standard InChI is InChI=1S/C17H19N3O4S/c1-11-7-15(20(21)22)9-17(12(11)2)25(23,24)19-10-14(18)8-13-5-3-4-6-16(13)19/h3-7,9,14H,8,10,18H2,1-2H3. The summed E-state index contributed by atoms with van der Waals surface area (Å²) in [6, 6.07) is 9.37. The molecule has 0 amide bonds. The molecule has 2 aromatic rings. The number of para-hydroxylation sites is 1. The van der Waals surface area contributed by atoms with Crippen molar-refractivity contribution in [3.63, 3.8) is 0 Å². The first-order chi connectivity index (χ1) is 11.7. The van der Waals surface area contributed by atoms with Crippen LogP contribution in [0, 0.1) is 24.0 Å². The Balaban J connectivity index is 2.20. The highest BCUT2D eigenvalue weighted by atomic mass is 32.2. The molecule has 25 heavy (non-hydrogen) atoms. The summed E-state index contributed by atoms with van der Waals surface area (Å²) in [5.74, 6) is 0. The van der Waals surface area contributed by atoms with Gasteiger partial charge in [-0.25, -0.2) is 8.42 Å². The van der Waals surface area contributed by atoms with E-state index in [0.29, 0.717) is 23.2 Å². The summed E-state index contributed by atoms with van der Waals surface area (Å²) >= 11 is 0. The summed E-state index contributed by atoms with van der Waals surface area (Å²) in [6.45, 7) is 3.46. The van der Waals surface area contributed by atoms with E-state index in [1.807, 2.05) is 12.1 Å². The van der Waals surface area contributed by atoms with E-state index in [4.69, 9.17) is 5.73 Å². The van der Waals surface area contributed by atoms with Crippen molar-refractivity contribution in [2.75, 3.05) is 10.8 Å². The normalized spacial score (nSPS) is 17.2. The number of nitro benzene ring substituents is 1. The van der Waals surface area contributed by atoms with Crippen LogP contribution in [0.1, 0.15) is 16.7 Å². The Hall–Kier alpha value is -2.45. The molecule has 1 heterocycles. The molecule has 0 aromatic heterocycles. The van der Waals surface area contributed by atoms with Gasteiger partial charge in [0.25, 0.3) is 15.7 Å². The van der Waals surface area contributed by atoms with Gasteiger partial charge in [-0.2, -0.15) is 0 Å². The van der Waals surface area contributed by atoms with Crippen molar-refractivity contribution in [3.8, 4) is 0 Å². The SMILES string of the molecule is Cc1cc([N+](=O)[O-])cc(S(=O)(=O)N2CC(N)Cc3ccccc32)c1C. The molecule has 0 saturated heterocycles. The molecule has 1 atom stereocenters. The smallest absolute Gasteiger partial charge is 0.271 e. The van der Waals surface area contributed by atoms with Gasteiger partial charge in [0.05, 0.1) is 15.5 Å². The predicted molar refractivity (Wildman–Crippen MR) is 95.2 cm³/mol. The zero-order valence-electron chi connectivity index (χ0n) is 14.0. The fraction of sp³-hybridized carbons (Fsp3) is 0.294. The maximum Gasteiger partial charge on any atom is 0.271 e. The zero-order valence-corrected chi connectivity index (χ0v) is 14.8. The highest BCUT2D eigenvalue weighted by Crippen LogP contribution is 2.34. The number of hydrogen-bond donors (Lipinski definition) is 1. The maximum absolute atomic E-state index is 13.3. The average Bonchev–Trinajstić information content (AvgIpc) is 2.55. The molecule has 0 radical (unpaired) electrons. The van der Waals surface area contributed by atoms with Crippen molar-refractivity contribution in [2.45, 2.75) is 31.2 Å². The molecule has 1 aliphatic rings. The third-order valence-corrected chi connectivity index (χ3v) is 6.43. The van der Waals surface area contributed by atoms with Crippen LogP contribution in [-0.4, -0.2) is 25.9 Å². The molecule has 0 aliphatic carbocycles. The number of aryl methyl sites for hydroxylation is 1. The second-order valence-electron chi connectivity index (χ2n) is 6.27. The van der Waals surface area contributed by atoms with Crippen LogP contribution in [-0.2, 0) is 16.4 Å². The first-order valence-corrected chi connectivity index (χ1v) is 9.27. The quantitative estimate of drug-likeness (QED) is 0.667. The van der Waals surface area contributed by atoms with Crippen molar-refractivity contribution < 1.29 is 13.3 Å². The van der Waals surface area contributed by atoms with Crippen molar-refractivity contribution >= 4 is 21.4 Å². The summed E-state index contributed by atoms with van der Waals surface area (Å²) in [5, 5.41) is 11.1. The number of sulfonamides is 1. The second-order valence-corrected chi connectivity index (χ2v) is 8.10. The van der Waals surface area contributed by atoms with Gasteiger partial charge in [-0.1, -0.05) is 18.2 Å². The lowest BCUT2D eigenvalue weighted by Crippen LogP contribution is -2.46. The van der Waals surface area contributed by atoms with Gasteiger partial charge < -0.3 is 5.73 Å². The summed E-state index contributed by atoms with van der Waals surface area (Å²) in [4.78, 5) is 10.5. The van der Waals surface area contributed by atoms with Gasteiger partial charge >= 0.3 is 0 Å². The minimum absolute atomic E-state index is 0.0527. The average molecular weight is 361 g/mol.